The number of rotatable bonds is 4. The third kappa shape index (κ3) is 3.95. The SMILES string of the molecule is C[C@@H]1Cc2cc(C(O)=C3C(=O)C(=O)N(Cc4ccccc4)[C@@H]3c3ccc(Cl)c(Cl)c3)ccc2O1. The van der Waals surface area contributed by atoms with Crippen molar-refractivity contribution in [2.45, 2.75) is 32.0 Å². The summed E-state index contributed by atoms with van der Waals surface area (Å²) >= 11 is 12.4. The number of aliphatic hydroxyl groups is 1. The van der Waals surface area contributed by atoms with Crippen LogP contribution in [0.25, 0.3) is 5.76 Å². The topological polar surface area (TPSA) is 66.8 Å². The van der Waals surface area contributed by atoms with Crippen LogP contribution in [-0.2, 0) is 22.6 Å². The van der Waals surface area contributed by atoms with Crippen molar-refractivity contribution in [3.8, 4) is 5.75 Å². The largest absolute Gasteiger partial charge is 0.507 e. The van der Waals surface area contributed by atoms with Crippen LogP contribution in [0.15, 0.2) is 72.3 Å². The van der Waals surface area contributed by atoms with E-state index in [9.17, 15) is 14.7 Å². The minimum absolute atomic E-state index is 0.0197. The minimum atomic E-state index is -0.821. The van der Waals surface area contributed by atoms with Gasteiger partial charge in [-0.25, -0.2) is 0 Å². The molecule has 1 N–H and O–H groups in total. The summed E-state index contributed by atoms with van der Waals surface area (Å²) in [7, 11) is 0. The maximum atomic E-state index is 13.2. The maximum Gasteiger partial charge on any atom is 0.295 e. The average Bonchev–Trinajstić information content (AvgIpc) is 3.32. The quantitative estimate of drug-likeness (QED) is 0.277. The predicted molar refractivity (Wildman–Crippen MR) is 131 cm³/mol. The van der Waals surface area contributed by atoms with Crippen LogP contribution < -0.4 is 4.74 Å². The van der Waals surface area contributed by atoms with E-state index >= 15 is 0 Å². The van der Waals surface area contributed by atoms with Gasteiger partial charge >= 0.3 is 0 Å². The van der Waals surface area contributed by atoms with Gasteiger partial charge in [-0.1, -0.05) is 59.6 Å². The minimum Gasteiger partial charge on any atom is -0.507 e. The molecule has 34 heavy (non-hydrogen) atoms. The first-order chi connectivity index (χ1) is 16.3. The van der Waals surface area contributed by atoms with E-state index in [0.29, 0.717) is 27.6 Å². The molecule has 0 aromatic heterocycles. The normalized spacial score (nSPS) is 21.0. The Morgan fingerprint density at radius 3 is 2.53 bits per heavy atom. The van der Waals surface area contributed by atoms with E-state index in [1.165, 1.54) is 4.90 Å². The zero-order chi connectivity index (χ0) is 24.0. The predicted octanol–water partition coefficient (Wildman–Crippen LogP) is 5.94. The van der Waals surface area contributed by atoms with Crippen molar-refractivity contribution >= 4 is 40.7 Å². The van der Waals surface area contributed by atoms with Crippen LogP contribution in [0.4, 0.5) is 0 Å². The van der Waals surface area contributed by atoms with Crippen LogP contribution in [0.2, 0.25) is 10.0 Å². The lowest BCUT2D eigenvalue weighted by Gasteiger charge is -2.25. The zero-order valence-electron chi connectivity index (χ0n) is 18.3. The number of likely N-dealkylation sites (tertiary alicyclic amines) is 1. The number of carbonyl (C=O) groups excluding carboxylic acids is 2. The molecule has 0 unspecified atom stereocenters. The van der Waals surface area contributed by atoms with Gasteiger partial charge in [-0.15, -0.1) is 0 Å². The molecule has 0 saturated carbocycles. The molecule has 7 heteroatoms. The molecule has 2 heterocycles. The molecule has 5 rings (SSSR count). The van der Waals surface area contributed by atoms with Crippen LogP contribution in [0, 0.1) is 0 Å². The fourth-order valence-corrected chi connectivity index (χ4v) is 4.88. The van der Waals surface area contributed by atoms with Gasteiger partial charge in [0.05, 0.1) is 21.7 Å². The standard InChI is InChI=1S/C27H21Cl2NO4/c1-15-11-19-12-18(8-10-22(19)34-15)25(31)23-24(17-7-9-20(28)21(29)13-17)30(27(33)26(23)32)14-16-5-3-2-4-6-16/h2-10,12-13,15,24,31H,11,14H2,1H3/t15-,24-/m1/s1. The molecule has 3 aromatic rings. The fraction of sp³-hybridized carbons (Fsp3) is 0.185. The number of carbonyl (C=O) groups is 2. The molecule has 0 bridgehead atoms. The Labute approximate surface area is 207 Å². The molecule has 1 amide bonds. The van der Waals surface area contributed by atoms with Gasteiger partial charge in [0.25, 0.3) is 11.7 Å². The number of benzene rings is 3. The van der Waals surface area contributed by atoms with Crippen molar-refractivity contribution in [3.05, 3.63) is 105 Å². The highest BCUT2D eigenvalue weighted by Gasteiger charge is 2.46. The fourth-order valence-electron chi connectivity index (χ4n) is 4.58. The van der Waals surface area contributed by atoms with Gasteiger partial charge in [0.15, 0.2) is 0 Å². The third-order valence-corrected chi connectivity index (χ3v) is 6.90. The summed E-state index contributed by atoms with van der Waals surface area (Å²) in [6.45, 7) is 2.17. The average molecular weight is 494 g/mol. The van der Waals surface area contributed by atoms with E-state index in [0.717, 1.165) is 16.9 Å². The van der Waals surface area contributed by atoms with Crippen LogP contribution in [-0.4, -0.2) is 27.8 Å². The van der Waals surface area contributed by atoms with Crippen LogP contribution in [0.1, 0.15) is 35.2 Å². The van der Waals surface area contributed by atoms with Crippen molar-refractivity contribution in [2.75, 3.05) is 0 Å². The number of amides is 1. The van der Waals surface area contributed by atoms with Crippen LogP contribution >= 0.6 is 23.2 Å². The number of fused-ring (bicyclic) bond motifs is 1. The van der Waals surface area contributed by atoms with E-state index in [-0.39, 0.29) is 24.0 Å². The number of halogens is 2. The number of hydrogen-bond donors (Lipinski definition) is 1. The zero-order valence-corrected chi connectivity index (χ0v) is 19.8. The lowest BCUT2D eigenvalue weighted by Crippen LogP contribution is -2.29. The van der Waals surface area contributed by atoms with E-state index in [1.54, 1.807) is 30.3 Å². The molecule has 1 saturated heterocycles. The molecule has 3 aromatic carbocycles. The number of ketones is 1. The Balaban J connectivity index is 1.65. The number of hydrogen-bond acceptors (Lipinski definition) is 4. The molecule has 5 nitrogen and oxygen atoms in total. The lowest BCUT2D eigenvalue weighted by atomic mass is 9.94. The maximum absolute atomic E-state index is 13.2. The number of ether oxygens (including phenoxy) is 1. The highest BCUT2D eigenvalue weighted by molar-refractivity contribution is 6.46. The van der Waals surface area contributed by atoms with Crippen molar-refractivity contribution in [2.24, 2.45) is 0 Å². The molecular formula is C27H21Cl2NO4. The molecule has 2 aliphatic heterocycles. The molecule has 0 aliphatic carbocycles. The third-order valence-electron chi connectivity index (χ3n) is 6.16. The van der Waals surface area contributed by atoms with Crippen molar-refractivity contribution < 1.29 is 19.4 Å². The first kappa shape index (κ1) is 22.5. The second-order valence-corrected chi connectivity index (χ2v) is 9.36. The Kier molecular flexibility index (Phi) is 5.84. The second kappa shape index (κ2) is 8.82. The summed E-state index contributed by atoms with van der Waals surface area (Å²) in [5.74, 6) is -0.892. The molecule has 2 aliphatic rings. The Morgan fingerprint density at radius 1 is 1.03 bits per heavy atom. The summed E-state index contributed by atoms with van der Waals surface area (Å²) in [5.41, 5.74) is 2.87. The van der Waals surface area contributed by atoms with Gasteiger partial charge in [-0.3, -0.25) is 9.59 Å². The molecule has 0 spiro atoms. The highest BCUT2D eigenvalue weighted by Crippen LogP contribution is 2.42. The summed E-state index contributed by atoms with van der Waals surface area (Å²) in [5, 5.41) is 12.0. The molecule has 172 valence electrons. The van der Waals surface area contributed by atoms with Gasteiger partial charge in [0.1, 0.15) is 17.6 Å². The molecule has 2 atom stereocenters. The monoisotopic (exact) mass is 493 g/mol. The second-order valence-electron chi connectivity index (χ2n) is 8.54. The summed E-state index contributed by atoms with van der Waals surface area (Å²) in [6.07, 6.45) is 0.745. The smallest absolute Gasteiger partial charge is 0.295 e. The highest BCUT2D eigenvalue weighted by atomic mass is 35.5. The van der Waals surface area contributed by atoms with Gasteiger partial charge in [-0.05, 0) is 53.9 Å². The summed E-state index contributed by atoms with van der Waals surface area (Å²) in [4.78, 5) is 27.9. The summed E-state index contributed by atoms with van der Waals surface area (Å²) in [6, 6.07) is 18.8. The van der Waals surface area contributed by atoms with E-state index in [2.05, 4.69) is 0 Å². The molecule has 1 fully saturated rings. The first-order valence-corrected chi connectivity index (χ1v) is 11.7. The number of nitrogens with zero attached hydrogens (tertiary/aromatic N) is 1. The Hall–Kier alpha value is -3.28. The first-order valence-electron chi connectivity index (χ1n) is 10.9. The number of Topliss-reactive ketones (excluding diaryl/α,β-unsaturated/α-hetero) is 1. The summed E-state index contributed by atoms with van der Waals surface area (Å²) < 4.78 is 5.75. The Bertz CT molecular complexity index is 1340. The molecular weight excluding hydrogens is 473 g/mol. The van der Waals surface area contributed by atoms with Crippen LogP contribution in [0.3, 0.4) is 0 Å². The lowest BCUT2D eigenvalue weighted by molar-refractivity contribution is -0.140. The molecule has 0 radical (unpaired) electrons. The van der Waals surface area contributed by atoms with Crippen molar-refractivity contribution in [1.29, 1.82) is 0 Å². The van der Waals surface area contributed by atoms with E-state index < -0.39 is 17.7 Å². The van der Waals surface area contributed by atoms with Gasteiger partial charge in [-0.2, -0.15) is 0 Å². The van der Waals surface area contributed by atoms with E-state index in [4.69, 9.17) is 27.9 Å². The van der Waals surface area contributed by atoms with Crippen LogP contribution in [0.5, 0.6) is 5.75 Å². The van der Waals surface area contributed by atoms with Gasteiger partial charge in [0, 0.05) is 18.5 Å². The Morgan fingerprint density at radius 2 is 1.79 bits per heavy atom. The van der Waals surface area contributed by atoms with Crippen molar-refractivity contribution in [3.63, 3.8) is 0 Å². The van der Waals surface area contributed by atoms with E-state index in [1.807, 2.05) is 43.3 Å². The van der Waals surface area contributed by atoms with Crippen molar-refractivity contribution in [1.82, 2.24) is 4.90 Å². The van der Waals surface area contributed by atoms with Gasteiger partial charge in [0.2, 0.25) is 0 Å². The number of aliphatic hydroxyl groups excluding tert-OH is 1. The van der Waals surface area contributed by atoms with Gasteiger partial charge < -0.3 is 14.7 Å².